The van der Waals surface area contributed by atoms with Gasteiger partial charge in [0, 0.05) is 30.7 Å². The van der Waals surface area contributed by atoms with Gasteiger partial charge in [0.05, 0.1) is 0 Å². The van der Waals surface area contributed by atoms with Crippen molar-refractivity contribution in [3.8, 4) is 0 Å². The number of imidazole rings is 1. The summed E-state index contributed by atoms with van der Waals surface area (Å²) >= 11 is 0. The van der Waals surface area contributed by atoms with Crippen LogP contribution in [0.4, 0.5) is 5.69 Å². The number of aromatic nitrogens is 2. The first-order chi connectivity index (χ1) is 8.14. The van der Waals surface area contributed by atoms with E-state index in [0.717, 1.165) is 0 Å². The number of hydrogen-bond donors (Lipinski definition) is 2. The van der Waals surface area contributed by atoms with Gasteiger partial charge in [-0.1, -0.05) is 18.2 Å². The Labute approximate surface area is 97.7 Å². The van der Waals surface area contributed by atoms with Crippen LogP contribution < -0.4 is 5.32 Å². The normalized spacial score (nSPS) is 22.4. The molecule has 1 aliphatic rings. The fraction of sp³-hybridized carbons (Fsp3) is 0.167. The van der Waals surface area contributed by atoms with Crippen LogP contribution in [0.5, 0.6) is 0 Å². The maximum atomic E-state index is 12.0. The summed E-state index contributed by atoms with van der Waals surface area (Å²) in [6.07, 6.45) is 3.25. The standard InChI is InChI=1S/C12H11N3O2/c1-15-7-6-13-10(15)12(17)8-4-2-3-5-9(8)14-11(12)16/h2-7,17H,1H3,(H,14,16). The zero-order valence-electron chi connectivity index (χ0n) is 9.21. The number of carbonyl (C=O) groups excluding carboxylic acids is 1. The van der Waals surface area contributed by atoms with E-state index in [0.29, 0.717) is 17.1 Å². The molecule has 5 nitrogen and oxygen atoms in total. The topological polar surface area (TPSA) is 67.1 Å². The van der Waals surface area contributed by atoms with Crippen LogP contribution in [-0.2, 0) is 17.4 Å². The Kier molecular flexibility index (Phi) is 1.88. The molecule has 1 amide bonds. The van der Waals surface area contributed by atoms with E-state index < -0.39 is 11.5 Å². The molecular weight excluding hydrogens is 218 g/mol. The monoisotopic (exact) mass is 229 g/mol. The highest BCUT2D eigenvalue weighted by Crippen LogP contribution is 2.39. The molecule has 5 heteroatoms. The molecule has 1 aliphatic heterocycles. The summed E-state index contributed by atoms with van der Waals surface area (Å²) in [5, 5.41) is 13.3. The number of nitrogens with one attached hydrogen (secondary N) is 1. The average Bonchev–Trinajstić information content (AvgIpc) is 2.84. The van der Waals surface area contributed by atoms with Crippen molar-refractivity contribution in [3.05, 3.63) is 48.0 Å². The molecule has 2 N–H and O–H groups in total. The van der Waals surface area contributed by atoms with Gasteiger partial charge in [-0.2, -0.15) is 0 Å². The maximum Gasteiger partial charge on any atom is 0.269 e. The molecule has 1 unspecified atom stereocenters. The quantitative estimate of drug-likeness (QED) is 0.752. The van der Waals surface area contributed by atoms with Crippen LogP contribution in [0, 0.1) is 0 Å². The van der Waals surface area contributed by atoms with E-state index in [9.17, 15) is 9.90 Å². The second-order valence-corrected chi connectivity index (χ2v) is 4.07. The fourth-order valence-electron chi connectivity index (χ4n) is 2.18. The van der Waals surface area contributed by atoms with Gasteiger partial charge in [0.25, 0.3) is 5.91 Å². The van der Waals surface area contributed by atoms with Crippen LogP contribution in [0.2, 0.25) is 0 Å². The molecule has 2 aromatic rings. The maximum absolute atomic E-state index is 12.0. The molecule has 1 aromatic carbocycles. The van der Waals surface area contributed by atoms with Crippen LogP contribution in [0.3, 0.4) is 0 Å². The van der Waals surface area contributed by atoms with Crippen molar-refractivity contribution in [2.75, 3.05) is 5.32 Å². The molecular formula is C12H11N3O2. The van der Waals surface area contributed by atoms with Crippen molar-refractivity contribution < 1.29 is 9.90 Å². The van der Waals surface area contributed by atoms with E-state index in [4.69, 9.17) is 0 Å². The van der Waals surface area contributed by atoms with Gasteiger partial charge in [-0.05, 0) is 6.07 Å². The van der Waals surface area contributed by atoms with Gasteiger partial charge in [0.1, 0.15) is 0 Å². The lowest BCUT2D eigenvalue weighted by molar-refractivity contribution is -0.130. The third-order valence-electron chi connectivity index (χ3n) is 3.04. The lowest BCUT2D eigenvalue weighted by atomic mass is 9.94. The summed E-state index contributed by atoms with van der Waals surface area (Å²) in [6, 6.07) is 7.08. The molecule has 0 saturated heterocycles. The molecule has 1 atom stereocenters. The van der Waals surface area contributed by atoms with Crippen LogP contribution in [0.15, 0.2) is 36.7 Å². The first kappa shape index (κ1) is 10.0. The number of aliphatic hydroxyl groups is 1. The number of fused-ring (bicyclic) bond motifs is 1. The number of aryl methyl sites for hydroxylation is 1. The van der Waals surface area contributed by atoms with Gasteiger partial charge in [-0.15, -0.1) is 0 Å². The van der Waals surface area contributed by atoms with E-state index in [-0.39, 0.29) is 0 Å². The fourth-order valence-corrected chi connectivity index (χ4v) is 2.18. The van der Waals surface area contributed by atoms with Crippen molar-refractivity contribution >= 4 is 11.6 Å². The molecule has 0 saturated carbocycles. The average molecular weight is 229 g/mol. The van der Waals surface area contributed by atoms with E-state index in [2.05, 4.69) is 10.3 Å². The van der Waals surface area contributed by atoms with Gasteiger partial charge in [-0.25, -0.2) is 4.98 Å². The Morgan fingerprint density at radius 1 is 1.41 bits per heavy atom. The third kappa shape index (κ3) is 1.17. The highest BCUT2D eigenvalue weighted by Gasteiger charge is 2.49. The Morgan fingerprint density at radius 2 is 2.18 bits per heavy atom. The van der Waals surface area contributed by atoms with Gasteiger partial charge in [0.2, 0.25) is 5.60 Å². The zero-order chi connectivity index (χ0) is 12.0. The summed E-state index contributed by atoms with van der Waals surface area (Å²) in [7, 11) is 1.74. The van der Waals surface area contributed by atoms with Gasteiger partial charge >= 0.3 is 0 Å². The summed E-state index contributed by atoms with van der Waals surface area (Å²) in [5.41, 5.74) is -0.531. The number of nitrogens with zero attached hydrogens (tertiary/aromatic N) is 2. The van der Waals surface area contributed by atoms with Gasteiger partial charge < -0.3 is 15.0 Å². The van der Waals surface area contributed by atoms with Crippen molar-refractivity contribution in [1.82, 2.24) is 9.55 Å². The van der Waals surface area contributed by atoms with Crippen LogP contribution in [0.1, 0.15) is 11.4 Å². The zero-order valence-corrected chi connectivity index (χ0v) is 9.21. The molecule has 0 bridgehead atoms. The first-order valence-electron chi connectivity index (χ1n) is 5.25. The number of rotatable bonds is 1. The number of para-hydroxylation sites is 1. The highest BCUT2D eigenvalue weighted by molar-refractivity contribution is 6.06. The van der Waals surface area contributed by atoms with Crippen molar-refractivity contribution in [3.63, 3.8) is 0 Å². The molecule has 0 radical (unpaired) electrons. The van der Waals surface area contributed by atoms with Crippen LogP contribution in [0.25, 0.3) is 0 Å². The van der Waals surface area contributed by atoms with E-state index in [1.807, 2.05) is 6.07 Å². The van der Waals surface area contributed by atoms with E-state index >= 15 is 0 Å². The number of carbonyl (C=O) groups is 1. The SMILES string of the molecule is Cn1ccnc1C1(O)C(=O)Nc2ccccc21. The second kappa shape index (κ2) is 3.18. The minimum atomic E-state index is -1.70. The Morgan fingerprint density at radius 3 is 2.88 bits per heavy atom. The second-order valence-electron chi connectivity index (χ2n) is 4.07. The van der Waals surface area contributed by atoms with Crippen molar-refractivity contribution in [2.45, 2.75) is 5.60 Å². The molecule has 2 heterocycles. The van der Waals surface area contributed by atoms with Crippen LogP contribution in [-0.4, -0.2) is 20.6 Å². The molecule has 0 fully saturated rings. The molecule has 3 rings (SSSR count). The summed E-state index contributed by atoms with van der Waals surface area (Å²) in [6.45, 7) is 0. The molecule has 86 valence electrons. The van der Waals surface area contributed by atoms with Gasteiger partial charge in [-0.3, -0.25) is 4.79 Å². The van der Waals surface area contributed by atoms with E-state index in [1.165, 1.54) is 0 Å². The largest absolute Gasteiger partial charge is 0.369 e. The number of hydrogen-bond acceptors (Lipinski definition) is 3. The predicted molar refractivity (Wildman–Crippen MR) is 61.3 cm³/mol. The lowest BCUT2D eigenvalue weighted by Crippen LogP contribution is -2.37. The Hall–Kier alpha value is -2.14. The van der Waals surface area contributed by atoms with Crippen molar-refractivity contribution in [1.29, 1.82) is 0 Å². The number of amides is 1. The van der Waals surface area contributed by atoms with Gasteiger partial charge in [0.15, 0.2) is 5.82 Å². The van der Waals surface area contributed by atoms with Crippen molar-refractivity contribution in [2.24, 2.45) is 7.05 Å². The summed E-state index contributed by atoms with van der Waals surface area (Å²) < 4.78 is 1.64. The smallest absolute Gasteiger partial charge is 0.269 e. The van der Waals surface area contributed by atoms with E-state index in [1.54, 1.807) is 42.2 Å². The number of anilines is 1. The Bertz CT molecular complexity index is 605. The number of benzene rings is 1. The molecule has 1 aromatic heterocycles. The predicted octanol–water partition coefficient (Wildman–Crippen LogP) is 0.608. The lowest BCUT2D eigenvalue weighted by Gasteiger charge is -2.20. The summed E-state index contributed by atoms with van der Waals surface area (Å²) in [5.74, 6) is -0.145. The minimum absolute atomic E-state index is 0.319. The first-order valence-corrected chi connectivity index (χ1v) is 5.25. The third-order valence-corrected chi connectivity index (χ3v) is 3.04. The minimum Gasteiger partial charge on any atom is -0.369 e. The summed E-state index contributed by atoms with van der Waals surface area (Å²) in [4.78, 5) is 16.1. The van der Waals surface area contributed by atoms with Crippen LogP contribution >= 0.6 is 0 Å². The Balaban J connectivity index is 2.27. The molecule has 0 spiro atoms. The molecule has 17 heavy (non-hydrogen) atoms. The highest BCUT2D eigenvalue weighted by atomic mass is 16.3. The molecule has 0 aliphatic carbocycles.